The van der Waals surface area contributed by atoms with Crippen molar-refractivity contribution in [1.29, 1.82) is 0 Å². The van der Waals surface area contributed by atoms with Crippen molar-refractivity contribution in [3.05, 3.63) is 83.4 Å². The van der Waals surface area contributed by atoms with E-state index in [2.05, 4.69) is 54.5 Å². The summed E-state index contributed by atoms with van der Waals surface area (Å²) in [6, 6.07) is 20.2. The van der Waals surface area contributed by atoms with Crippen molar-refractivity contribution in [3.8, 4) is 0 Å². The molecule has 0 heterocycles. The Kier molecular flexibility index (Phi) is 8.86. The number of ether oxygens (including phenoxy) is 2. The molecule has 4 nitrogen and oxygen atoms in total. The monoisotopic (exact) mass is 664 g/mol. The van der Waals surface area contributed by atoms with Crippen LogP contribution in [0.4, 0.5) is 0 Å². The summed E-state index contributed by atoms with van der Waals surface area (Å²) in [4.78, 5) is 29.2. The number of hydrogen-bond acceptors (Lipinski definition) is 4. The molecule has 2 aromatic carbocycles. The van der Waals surface area contributed by atoms with Gasteiger partial charge in [-0.15, -0.1) is 0 Å². The fourth-order valence-electron chi connectivity index (χ4n) is 12.3. The summed E-state index contributed by atoms with van der Waals surface area (Å²) in [6.07, 6.45) is 12.2. The average molecular weight is 665 g/mol. The molecule has 0 spiro atoms. The number of esters is 1. The fraction of sp³-hybridized carbons (Fsp3) is 0.644. The van der Waals surface area contributed by atoms with Crippen LogP contribution in [0, 0.1) is 50.7 Å². The lowest BCUT2D eigenvalue weighted by molar-refractivity contribution is -0.190. The number of benzene rings is 2. The SMILES string of the molecule is CCCO[C@H]1CC[C@@]2(C)C(CC[C@]3(C)C2C(=O)C=C2[C@@H]4C[C@@](C)(C(=O)OC(c5ccccc5)c5ccccc5)CC[C@]4(C)CC[C@]23C)[C@H]1C. The van der Waals surface area contributed by atoms with Crippen molar-refractivity contribution in [2.45, 2.75) is 125 Å². The molecule has 0 bridgehead atoms. The molecule has 0 amide bonds. The Morgan fingerprint density at radius 2 is 1.47 bits per heavy atom. The zero-order valence-corrected chi connectivity index (χ0v) is 31.2. The van der Waals surface area contributed by atoms with E-state index in [0.717, 1.165) is 75.5 Å². The molecule has 2 aromatic rings. The lowest BCUT2D eigenvalue weighted by Crippen LogP contribution is -2.65. The standard InChI is InChI=1S/C45H60O4/c1-8-27-48-37-20-21-43(5)33(30(37)2)19-22-45(7)39(43)36(46)28-34-35-29-42(4,24-23-41(35,3)25-26-44(34,45)6)40(47)49-38(31-15-11-9-12-16-31)32-17-13-10-14-18-32/h9-18,28,30,33,35,37-39H,8,19-27,29H2,1-7H3/t30-,33?,35+,37+,39?,41-,42+,43+,44-,45-/m1/s1. The summed E-state index contributed by atoms with van der Waals surface area (Å²) in [6.45, 7) is 17.4. The van der Waals surface area contributed by atoms with Crippen LogP contribution in [0.2, 0.25) is 0 Å². The molecule has 2 unspecified atom stereocenters. The molecule has 0 radical (unpaired) electrons. The highest BCUT2D eigenvalue weighted by Crippen LogP contribution is 2.74. The molecule has 49 heavy (non-hydrogen) atoms. The number of allylic oxidation sites excluding steroid dienone is 2. The molecule has 0 N–H and O–H groups in total. The molecule has 0 aromatic heterocycles. The number of hydrogen-bond donors (Lipinski definition) is 0. The van der Waals surface area contributed by atoms with E-state index in [1.807, 2.05) is 60.7 Å². The minimum Gasteiger partial charge on any atom is -0.452 e. The Hall–Kier alpha value is -2.72. The molecular formula is C45H60O4. The molecule has 10 atom stereocenters. The molecule has 4 fully saturated rings. The smallest absolute Gasteiger partial charge is 0.312 e. The van der Waals surface area contributed by atoms with Gasteiger partial charge in [-0.25, -0.2) is 0 Å². The van der Waals surface area contributed by atoms with Crippen molar-refractivity contribution < 1.29 is 19.1 Å². The zero-order valence-electron chi connectivity index (χ0n) is 31.2. The maximum atomic E-state index is 14.8. The molecule has 0 saturated heterocycles. The van der Waals surface area contributed by atoms with Gasteiger partial charge in [-0.05, 0) is 128 Å². The number of carbonyl (C=O) groups excluding carboxylic acids is 2. The zero-order chi connectivity index (χ0) is 34.8. The van der Waals surface area contributed by atoms with Gasteiger partial charge in [-0.3, -0.25) is 9.59 Å². The van der Waals surface area contributed by atoms with Crippen molar-refractivity contribution in [1.82, 2.24) is 0 Å². The Balaban J connectivity index is 1.19. The van der Waals surface area contributed by atoms with Crippen molar-refractivity contribution in [3.63, 3.8) is 0 Å². The van der Waals surface area contributed by atoms with Gasteiger partial charge in [0.2, 0.25) is 0 Å². The predicted molar refractivity (Wildman–Crippen MR) is 196 cm³/mol. The van der Waals surface area contributed by atoms with Gasteiger partial charge in [-0.2, -0.15) is 0 Å². The van der Waals surface area contributed by atoms with Gasteiger partial charge in [0.25, 0.3) is 0 Å². The van der Waals surface area contributed by atoms with Gasteiger partial charge < -0.3 is 9.47 Å². The third-order valence-corrected chi connectivity index (χ3v) is 15.6. The summed E-state index contributed by atoms with van der Waals surface area (Å²) in [5, 5.41) is 0. The van der Waals surface area contributed by atoms with E-state index < -0.39 is 11.5 Å². The predicted octanol–water partition coefficient (Wildman–Crippen LogP) is 10.7. The molecular weight excluding hydrogens is 604 g/mol. The summed E-state index contributed by atoms with van der Waals surface area (Å²) in [5.41, 5.74) is 2.59. The summed E-state index contributed by atoms with van der Waals surface area (Å²) in [5.74, 6) is 1.44. The summed E-state index contributed by atoms with van der Waals surface area (Å²) < 4.78 is 12.9. The second-order valence-electron chi connectivity index (χ2n) is 18.2. The summed E-state index contributed by atoms with van der Waals surface area (Å²) in [7, 11) is 0. The largest absolute Gasteiger partial charge is 0.452 e. The maximum Gasteiger partial charge on any atom is 0.312 e. The van der Waals surface area contributed by atoms with Crippen LogP contribution in [0.1, 0.15) is 130 Å². The second kappa shape index (κ2) is 12.5. The van der Waals surface area contributed by atoms with E-state index in [1.54, 1.807) is 0 Å². The fourth-order valence-corrected chi connectivity index (χ4v) is 12.3. The lowest BCUT2D eigenvalue weighted by Gasteiger charge is -2.69. The van der Waals surface area contributed by atoms with Gasteiger partial charge in [0.05, 0.1) is 11.5 Å². The van der Waals surface area contributed by atoms with Crippen LogP contribution in [0.5, 0.6) is 0 Å². The van der Waals surface area contributed by atoms with Crippen LogP contribution in [0.3, 0.4) is 0 Å². The first-order chi connectivity index (χ1) is 23.3. The number of rotatable bonds is 7. The first-order valence-corrected chi connectivity index (χ1v) is 19.5. The number of fused-ring (bicyclic) bond motifs is 7. The average Bonchev–Trinajstić information content (AvgIpc) is 3.09. The van der Waals surface area contributed by atoms with Crippen molar-refractivity contribution in [2.75, 3.05) is 6.61 Å². The van der Waals surface area contributed by atoms with Crippen molar-refractivity contribution in [2.24, 2.45) is 50.7 Å². The summed E-state index contributed by atoms with van der Waals surface area (Å²) >= 11 is 0. The van der Waals surface area contributed by atoms with Gasteiger partial charge in [0, 0.05) is 12.5 Å². The highest BCUT2D eigenvalue weighted by atomic mass is 16.5. The van der Waals surface area contributed by atoms with Crippen LogP contribution in [-0.4, -0.2) is 24.5 Å². The molecule has 5 aliphatic rings. The quantitative estimate of drug-likeness (QED) is 0.276. The molecule has 4 saturated carbocycles. The van der Waals surface area contributed by atoms with E-state index in [1.165, 1.54) is 12.0 Å². The van der Waals surface area contributed by atoms with Crippen LogP contribution in [-0.2, 0) is 19.1 Å². The highest BCUT2D eigenvalue weighted by molar-refractivity contribution is 5.95. The highest BCUT2D eigenvalue weighted by Gasteiger charge is 2.69. The van der Waals surface area contributed by atoms with Crippen LogP contribution in [0.15, 0.2) is 72.3 Å². The van der Waals surface area contributed by atoms with Gasteiger partial charge in [-0.1, -0.05) is 108 Å². The number of ketones is 1. The van der Waals surface area contributed by atoms with Gasteiger partial charge >= 0.3 is 5.97 Å². The van der Waals surface area contributed by atoms with E-state index in [-0.39, 0.29) is 39.5 Å². The van der Waals surface area contributed by atoms with Gasteiger partial charge in [0.1, 0.15) is 0 Å². The lowest BCUT2D eigenvalue weighted by atomic mass is 9.34. The van der Waals surface area contributed by atoms with E-state index >= 15 is 0 Å². The van der Waals surface area contributed by atoms with E-state index in [4.69, 9.17) is 9.47 Å². The minimum atomic E-state index is -0.623. The third-order valence-electron chi connectivity index (χ3n) is 15.6. The van der Waals surface area contributed by atoms with Crippen LogP contribution in [0.25, 0.3) is 0 Å². The second-order valence-corrected chi connectivity index (χ2v) is 18.2. The Bertz CT molecular complexity index is 1540. The van der Waals surface area contributed by atoms with E-state index in [0.29, 0.717) is 23.7 Å². The maximum absolute atomic E-state index is 14.8. The minimum absolute atomic E-state index is 0.0177. The Labute approximate surface area is 295 Å². The third kappa shape index (κ3) is 5.40. The Morgan fingerprint density at radius 1 is 0.837 bits per heavy atom. The Morgan fingerprint density at radius 3 is 2.10 bits per heavy atom. The van der Waals surface area contributed by atoms with Crippen molar-refractivity contribution >= 4 is 11.8 Å². The number of carbonyl (C=O) groups is 2. The molecule has 264 valence electrons. The first-order valence-electron chi connectivity index (χ1n) is 19.5. The molecule has 0 aliphatic heterocycles. The molecule has 5 aliphatic carbocycles. The van der Waals surface area contributed by atoms with Crippen LogP contribution >= 0.6 is 0 Å². The van der Waals surface area contributed by atoms with Crippen LogP contribution < -0.4 is 0 Å². The first kappa shape index (κ1) is 34.7. The normalized spacial score (nSPS) is 41.5. The topological polar surface area (TPSA) is 52.6 Å². The molecule has 4 heteroatoms. The van der Waals surface area contributed by atoms with Gasteiger partial charge in [0.15, 0.2) is 11.9 Å². The van der Waals surface area contributed by atoms with E-state index in [9.17, 15) is 9.59 Å². The molecule has 7 rings (SSSR count).